The van der Waals surface area contributed by atoms with E-state index in [4.69, 9.17) is 9.47 Å². The lowest BCUT2D eigenvalue weighted by Crippen LogP contribution is -2.03. The summed E-state index contributed by atoms with van der Waals surface area (Å²) in [6.07, 6.45) is 15.7. The quantitative estimate of drug-likeness (QED) is 0.770. The van der Waals surface area contributed by atoms with Crippen LogP contribution in [0.3, 0.4) is 0 Å². The Morgan fingerprint density at radius 2 is 1.57 bits per heavy atom. The van der Waals surface area contributed by atoms with Gasteiger partial charge in [0.15, 0.2) is 0 Å². The fraction of sp³-hybridized carbons (Fsp3) is 0.263. The van der Waals surface area contributed by atoms with E-state index in [1.54, 1.807) is 0 Å². The van der Waals surface area contributed by atoms with Crippen molar-refractivity contribution in [3.8, 4) is 5.75 Å². The second kappa shape index (κ2) is 7.09. The summed E-state index contributed by atoms with van der Waals surface area (Å²) in [6, 6.07) is 9.79. The monoisotopic (exact) mass is 280 g/mol. The van der Waals surface area contributed by atoms with Crippen LogP contribution in [0.1, 0.15) is 12.8 Å². The van der Waals surface area contributed by atoms with Crippen LogP contribution in [0.2, 0.25) is 0 Å². The largest absolute Gasteiger partial charge is 0.491 e. The van der Waals surface area contributed by atoms with Crippen molar-refractivity contribution in [1.29, 1.82) is 0 Å². The Hall–Kier alpha value is -2.06. The molecular formula is C19H20O2. The fourth-order valence-corrected chi connectivity index (χ4v) is 2.24. The number of benzene rings is 1. The van der Waals surface area contributed by atoms with Gasteiger partial charge in [0.25, 0.3) is 0 Å². The molecular weight excluding hydrogens is 260 g/mol. The van der Waals surface area contributed by atoms with Gasteiger partial charge in [0.1, 0.15) is 18.5 Å². The first-order chi connectivity index (χ1) is 10.4. The predicted octanol–water partition coefficient (Wildman–Crippen LogP) is 4.22. The Labute approximate surface area is 126 Å². The van der Waals surface area contributed by atoms with Crippen molar-refractivity contribution >= 4 is 0 Å². The van der Waals surface area contributed by atoms with Crippen molar-refractivity contribution in [3.63, 3.8) is 0 Å². The maximum Gasteiger partial charge on any atom is 0.119 e. The summed E-state index contributed by atoms with van der Waals surface area (Å²) in [6.45, 7) is 1.54. The smallest absolute Gasteiger partial charge is 0.119 e. The normalized spacial score (nSPS) is 21.4. The second-order valence-electron chi connectivity index (χ2n) is 5.23. The minimum Gasteiger partial charge on any atom is -0.491 e. The zero-order valence-electron chi connectivity index (χ0n) is 12.1. The second-order valence-corrected chi connectivity index (χ2v) is 5.23. The maximum atomic E-state index is 5.40. The van der Waals surface area contributed by atoms with Gasteiger partial charge in [-0.2, -0.15) is 0 Å². The van der Waals surface area contributed by atoms with Gasteiger partial charge < -0.3 is 9.47 Å². The Morgan fingerprint density at radius 1 is 0.952 bits per heavy atom. The summed E-state index contributed by atoms with van der Waals surface area (Å²) in [5, 5.41) is 0. The number of epoxide rings is 1. The lowest BCUT2D eigenvalue weighted by molar-refractivity contribution is 0.263. The molecule has 1 aliphatic heterocycles. The van der Waals surface area contributed by atoms with Crippen LogP contribution in [0, 0.1) is 0 Å². The molecule has 1 unspecified atom stereocenters. The van der Waals surface area contributed by atoms with Gasteiger partial charge in [-0.15, -0.1) is 0 Å². The van der Waals surface area contributed by atoms with Crippen LogP contribution in [0.5, 0.6) is 5.75 Å². The number of ether oxygens (including phenoxy) is 2. The van der Waals surface area contributed by atoms with Crippen LogP contribution in [0.4, 0.5) is 0 Å². The topological polar surface area (TPSA) is 21.8 Å². The zero-order chi connectivity index (χ0) is 14.3. The molecule has 1 saturated heterocycles. The van der Waals surface area contributed by atoms with Crippen molar-refractivity contribution in [2.45, 2.75) is 18.9 Å². The first-order valence-corrected chi connectivity index (χ1v) is 7.43. The van der Waals surface area contributed by atoms with Crippen LogP contribution in [-0.4, -0.2) is 19.3 Å². The van der Waals surface area contributed by atoms with Gasteiger partial charge in [-0.05, 0) is 36.1 Å². The Kier molecular flexibility index (Phi) is 4.70. The van der Waals surface area contributed by atoms with Crippen LogP contribution in [-0.2, 0) is 4.74 Å². The molecule has 4 rings (SSSR count). The SMILES string of the molecule is C1=CCC(C2=CC=CC2)=C1.c1ccc(OCC2CO2)cc1. The molecule has 1 heterocycles. The summed E-state index contributed by atoms with van der Waals surface area (Å²) in [5.74, 6) is 0.919. The van der Waals surface area contributed by atoms with E-state index in [2.05, 4.69) is 36.5 Å². The van der Waals surface area contributed by atoms with Gasteiger partial charge in [0, 0.05) is 0 Å². The van der Waals surface area contributed by atoms with Crippen molar-refractivity contribution in [2.75, 3.05) is 13.2 Å². The molecule has 0 radical (unpaired) electrons. The minimum atomic E-state index is 0.343. The van der Waals surface area contributed by atoms with E-state index >= 15 is 0 Å². The fourth-order valence-electron chi connectivity index (χ4n) is 2.24. The minimum absolute atomic E-state index is 0.343. The molecule has 1 fully saturated rings. The molecule has 21 heavy (non-hydrogen) atoms. The molecule has 0 bridgehead atoms. The number of para-hydroxylation sites is 1. The number of hydrogen-bond acceptors (Lipinski definition) is 2. The van der Waals surface area contributed by atoms with Gasteiger partial charge >= 0.3 is 0 Å². The molecule has 2 heteroatoms. The van der Waals surface area contributed by atoms with E-state index in [0.29, 0.717) is 12.7 Å². The molecule has 1 aromatic carbocycles. The average Bonchev–Trinajstić information content (AvgIpc) is 2.98. The van der Waals surface area contributed by atoms with Gasteiger partial charge in [0.2, 0.25) is 0 Å². The summed E-state index contributed by atoms with van der Waals surface area (Å²) in [7, 11) is 0. The Morgan fingerprint density at radius 3 is 2.05 bits per heavy atom. The first kappa shape index (κ1) is 13.9. The van der Waals surface area contributed by atoms with Gasteiger partial charge in [-0.3, -0.25) is 0 Å². The molecule has 108 valence electrons. The summed E-state index contributed by atoms with van der Waals surface area (Å²) < 4.78 is 10.4. The van der Waals surface area contributed by atoms with Crippen molar-refractivity contribution in [2.24, 2.45) is 0 Å². The van der Waals surface area contributed by atoms with Crippen LogP contribution >= 0.6 is 0 Å². The highest BCUT2D eigenvalue weighted by atomic mass is 16.6. The van der Waals surface area contributed by atoms with Crippen molar-refractivity contribution in [3.05, 3.63) is 77.9 Å². The van der Waals surface area contributed by atoms with Gasteiger partial charge in [0.05, 0.1) is 6.61 Å². The Balaban J connectivity index is 0.000000126. The molecule has 3 aliphatic rings. The molecule has 0 aromatic heterocycles. The van der Waals surface area contributed by atoms with E-state index in [0.717, 1.165) is 25.2 Å². The molecule has 1 atom stereocenters. The molecule has 0 N–H and O–H groups in total. The molecule has 0 spiro atoms. The summed E-state index contributed by atoms with van der Waals surface area (Å²) in [4.78, 5) is 0. The van der Waals surface area contributed by atoms with E-state index in [-0.39, 0.29) is 0 Å². The van der Waals surface area contributed by atoms with E-state index in [1.807, 2.05) is 30.3 Å². The molecule has 2 nitrogen and oxygen atoms in total. The highest BCUT2D eigenvalue weighted by Crippen LogP contribution is 2.25. The molecule has 1 aromatic rings. The highest BCUT2D eigenvalue weighted by molar-refractivity contribution is 5.44. The van der Waals surface area contributed by atoms with E-state index in [1.165, 1.54) is 11.1 Å². The standard InChI is InChI=1S/C10H10.C9H10O2/c1-2-6-9(5-1)10-7-3-4-8-10;1-2-4-8(5-3-1)10-6-9-7-11-9/h1-5,7H,6,8H2;1-5,9H,6-7H2. The third-order valence-corrected chi connectivity index (χ3v) is 3.54. The Bertz CT molecular complexity index is 547. The number of hydrogen-bond donors (Lipinski definition) is 0. The van der Waals surface area contributed by atoms with Crippen LogP contribution in [0.15, 0.2) is 77.9 Å². The third kappa shape index (κ3) is 4.47. The lowest BCUT2D eigenvalue weighted by Gasteiger charge is -2.01. The number of rotatable bonds is 4. The first-order valence-electron chi connectivity index (χ1n) is 7.43. The molecule has 0 saturated carbocycles. The number of allylic oxidation sites excluding steroid dienone is 8. The van der Waals surface area contributed by atoms with Crippen LogP contribution < -0.4 is 4.74 Å². The molecule has 2 aliphatic carbocycles. The maximum absolute atomic E-state index is 5.40. The predicted molar refractivity (Wildman–Crippen MR) is 85.4 cm³/mol. The summed E-state index contributed by atoms with van der Waals surface area (Å²) >= 11 is 0. The molecule has 0 amide bonds. The van der Waals surface area contributed by atoms with Crippen LogP contribution in [0.25, 0.3) is 0 Å². The third-order valence-electron chi connectivity index (χ3n) is 3.54. The zero-order valence-corrected chi connectivity index (χ0v) is 12.1. The average molecular weight is 280 g/mol. The van der Waals surface area contributed by atoms with E-state index < -0.39 is 0 Å². The van der Waals surface area contributed by atoms with Crippen molar-refractivity contribution < 1.29 is 9.47 Å². The lowest BCUT2D eigenvalue weighted by atomic mass is 10.1. The summed E-state index contributed by atoms with van der Waals surface area (Å²) in [5.41, 5.74) is 2.98. The van der Waals surface area contributed by atoms with Gasteiger partial charge in [-0.1, -0.05) is 54.7 Å². The highest BCUT2D eigenvalue weighted by Gasteiger charge is 2.22. The van der Waals surface area contributed by atoms with Gasteiger partial charge in [-0.25, -0.2) is 0 Å². The van der Waals surface area contributed by atoms with E-state index in [9.17, 15) is 0 Å². The van der Waals surface area contributed by atoms with Crippen molar-refractivity contribution in [1.82, 2.24) is 0 Å².